The Bertz CT molecular complexity index is 1360. The number of amides is 1. The Labute approximate surface area is 191 Å². The molecule has 0 fully saturated rings. The Balaban J connectivity index is 1.41. The fourth-order valence-corrected chi connectivity index (χ4v) is 4.15. The minimum atomic E-state index is -0.374. The summed E-state index contributed by atoms with van der Waals surface area (Å²) >= 11 is 0. The lowest BCUT2D eigenvalue weighted by Crippen LogP contribution is -2.31. The van der Waals surface area contributed by atoms with Crippen molar-refractivity contribution in [3.05, 3.63) is 111 Å². The molecule has 4 aromatic rings. The van der Waals surface area contributed by atoms with Gasteiger partial charge < -0.3 is 15.0 Å². The van der Waals surface area contributed by atoms with E-state index in [1.54, 1.807) is 0 Å². The van der Waals surface area contributed by atoms with Crippen molar-refractivity contribution in [2.24, 2.45) is 0 Å². The highest BCUT2D eigenvalue weighted by molar-refractivity contribution is 5.94. The van der Waals surface area contributed by atoms with Crippen LogP contribution in [0.4, 0.5) is 5.82 Å². The quantitative estimate of drug-likeness (QED) is 0.470. The van der Waals surface area contributed by atoms with E-state index in [-0.39, 0.29) is 23.8 Å². The normalized spacial score (nSPS) is 14.9. The van der Waals surface area contributed by atoms with Crippen molar-refractivity contribution in [3.63, 3.8) is 0 Å². The van der Waals surface area contributed by atoms with Crippen molar-refractivity contribution in [1.82, 2.24) is 9.97 Å². The molecule has 5 rings (SSSR count). The first-order valence-electron chi connectivity index (χ1n) is 10.8. The standard InChI is InChI=1S/C27H23N3O3/c1-17-6-5-7-18(14-17)16-33-21-12-10-19(11-13-21)22-15-23(31)28-26-24(22)27(32)30-25(29-26)20-8-3-2-4-9-20/h2-14,22H,15-16H2,1H3,(H2,28,29,30,31,32). The Morgan fingerprint density at radius 1 is 0.970 bits per heavy atom. The maximum absolute atomic E-state index is 13.0. The number of H-pyrrole nitrogens is 1. The van der Waals surface area contributed by atoms with Gasteiger partial charge in [0.2, 0.25) is 5.91 Å². The zero-order chi connectivity index (χ0) is 22.8. The summed E-state index contributed by atoms with van der Waals surface area (Å²) in [6, 6.07) is 25.1. The monoisotopic (exact) mass is 437 g/mol. The van der Waals surface area contributed by atoms with Crippen molar-refractivity contribution in [2.45, 2.75) is 25.9 Å². The molecule has 0 saturated heterocycles. The van der Waals surface area contributed by atoms with Gasteiger partial charge in [-0.2, -0.15) is 0 Å². The second-order valence-corrected chi connectivity index (χ2v) is 8.19. The third-order valence-electron chi connectivity index (χ3n) is 5.77. The maximum atomic E-state index is 13.0. The number of aryl methyl sites for hydroxylation is 1. The summed E-state index contributed by atoms with van der Waals surface area (Å²) in [4.78, 5) is 32.9. The molecule has 1 unspecified atom stereocenters. The molecule has 0 aliphatic carbocycles. The van der Waals surface area contributed by atoms with Gasteiger partial charge in [-0.05, 0) is 30.2 Å². The number of aromatic amines is 1. The Hall–Kier alpha value is -4.19. The zero-order valence-corrected chi connectivity index (χ0v) is 18.2. The van der Waals surface area contributed by atoms with Gasteiger partial charge in [0.25, 0.3) is 5.56 Å². The molecule has 0 radical (unpaired) electrons. The van der Waals surface area contributed by atoms with E-state index in [0.717, 1.165) is 22.4 Å². The van der Waals surface area contributed by atoms with Crippen LogP contribution in [0.25, 0.3) is 11.4 Å². The van der Waals surface area contributed by atoms with E-state index in [4.69, 9.17) is 4.74 Å². The number of nitrogens with one attached hydrogen (secondary N) is 2. The number of hydrogen-bond acceptors (Lipinski definition) is 4. The number of hydrogen-bond donors (Lipinski definition) is 2. The number of anilines is 1. The van der Waals surface area contributed by atoms with E-state index in [9.17, 15) is 9.59 Å². The SMILES string of the molecule is Cc1cccc(COc2ccc(C3CC(=O)Nc4nc(-c5ccccc5)[nH]c(=O)c43)cc2)c1. The molecule has 6 nitrogen and oxygen atoms in total. The van der Waals surface area contributed by atoms with E-state index >= 15 is 0 Å². The van der Waals surface area contributed by atoms with Crippen LogP contribution in [0.5, 0.6) is 5.75 Å². The van der Waals surface area contributed by atoms with E-state index in [2.05, 4.69) is 34.3 Å². The van der Waals surface area contributed by atoms with Gasteiger partial charge in [0.15, 0.2) is 0 Å². The average molecular weight is 437 g/mol. The van der Waals surface area contributed by atoms with E-state index in [0.29, 0.717) is 23.8 Å². The molecule has 1 atom stereocenters. The average Bonchev–Trinajstić information content (AvgIpc) is 2.83. The molecular formula is C27H23N3O3. The summed E-state index contributed by atoms with van der Waals surface area (Å²) in [6.45, 7) is 2.53. The highest BCUT2D eigenvalue weighted by Crippen LogP contribution is 2.35. The first kappa shape index (κ1) is 20.7. The fraction of sp³-hybridized carbons (Fsp3) is 0.148. The maximum Gasteiger partial charge on any atom is 0.257 e. The van der Waals surface area contributed by atoms with Gasteiger partial charge in [-0.1, -0.05) is 72.3 Å². The molecule has 1 amide bonds. The highest BCUT2D eigenvalue weighted by Gasteiger charge is 2.31. The zero-order valence-electron chi connectivity index (χ0n) is 18.2. The van der Waals surface area contributed by atoms with Crippen LogP contribution in [-0.2, 0) is 11.4 Å². The minimum absolute atomic E-state index is 0.163. The molecule has 2 heterocycles. The third kappa shape index (κ3) is 4.41. The predicted molar refractivity (Wildman–Crippen MR) is 127 cm³/mol. The number of benzene rings is 3. The summed E-state index contributed by atoms with van der Waals surface area (Å²) in [6.07, 6.45) is 0.186. The summed E-state index contributed by atoms with van der Waals surface area (Å²) in [5.41, 5.74) is 4.17. The number of rotatable bonds is 5. The smallest absolute Gasteiger partial charge is 0.257 e. The van der Waals surface area contributed by atoms with Gasteiger partial charge in [0, 0.05) is 17.9 Å². The van der Waals surface area contributed by atoms with Crippen LogP contribution in [0.2, 0.25) is 0 Å². The predicted octanol–water partition coefficient (Wildman–Crippen LogP) is 4.80. The molecule has 0 bridgehead atoms. The van der Waals surface area contributed by atoms with Gasteiger partial charge in [-0.15, -0.1) is 0 Å². The molecule has 2 N–H and O–H groups in total. The second-order valence-electron chi connectivity index (χ2n) is 8.19. The lowest BCUT2D eigenvalue weighted by atomic mass is 9.87. The third-order valence-corrected chi connectivity index (χ3v) is 5.77. The molecule has 0 spiro atoms. The molecule has 6 heteroatoms. The van der Waals surface area contributed by atoms with Gasteiger partial charge in [0.05, 0.1) is 5.56 Å². The van der Waals surface area contributed by atoms with Crippen molar-refractivity contribution in [3.8, 4) is 17.1 Å². The van der Waals surface area contributed by atoms with E-state index < -0.39 is 0 Å². The Kier molecular flexibility index (Phi) is 5.48. The summed E-state index contributed by atoms with van der Waals surface area (Å²) in [5, 5.41) is 2.77. The van der Waals surface area contributed by atoms with Crippen molar-refractivity contribution in [1.29, 1.82) is 0 Å². The molecule has 3 aromatic carbocycles. The molecule has 33 heavy (non-hydrogen) atoms. The van der Waals surface area contributed by atoms with Gasteiger partial charge >= 0.3 is 0 Å². The lowest BCUT2D eigenvalue weighted by molar-refractivity contribution is -0.116. The Morgan fingerprint density at radius 3 is 2.52 bits per heavy atom. The number of nitrogens with zero attached hydrogens (tertiary/aromatic N) is 1. The summed E-state index contributed by atoms with van der Waals surface area (Å²) in [5.74, 6) is 0.941. The number of ether oxygens (including phenoxy) is 1. The first-order valence-corrected chi connectivity index (χ1v) is 10.8. The first-order chi connectivity index (χ1) is 16.1. The van der Waals surface area contributed by atoms with Gasteiger partial charge in [-0.25, -0.2) is 4.98 Å². The van der Waals surface area contributed by atoms with E-state index in [1.807, 2.05) is 66.7 Å². The number of carbonyl (C=O) groups excluding carboxylic acids is 1. The molecule has 1 aliphatic heterocycles. The molecule has 0 saturated carbocycles. The van der Waals surface area contributed by atoms with Crippen molar-refractivity contribution in [2.75, 3.05) is 5.32 Å². The second kappa shape index (κ2) is 8.74. The highest BCUT2D eigenvalue weighted by atomic mass is 16.5. The fourth-order valence-electron chi connectivity index (χ4n) is 4.15. The lowest BCUT2D eigenvalue weighted by Gasteiger charge is -2.24. The van der Waals surface area contributed by atoms with Crippen LogP contribution in [0, 0.1) is 6.92 Å². The van der Waals surface area contributed by atoms with Crippen LogP contribution >= 0.6 is 0 Å². The van der Waals surface area contributed by atoms with Gasteiger partial charge in [0.1, 0.15) is 24.0 Å². The number of carbonyl (C=O) groups is 1. The number of aromatic nitrogens is 2. The molecule has 1 aromatic heterocycles. The summed E-state index contributed by atoms with van der Waals surface area (Å²) < 4.78 is 5.91. The molecule has 1 aliphatic rings. The molecule has 164 valence electrons. The van der Waals surface area contributed by atoms with Crippen molar-refractivity contribution < 1.29 is 9.53 Å². The Morgan fingerprint density at radius 2 is 1.76 bits per heavy atom. The van der Waals surface area contributed by atoms with Gasteiger partial charge in [-0.3, -0.25) is 9.59 Å². The van der Waals surface area contributed by atoms with Crippen molar-refractivity contribution >= 4 is 11.7 Å². The van der Waals surface area contributed by atoms with Crippen LogP contribution in [0.15, 0.2) is 83.7 Å². The van der Waals surface area contributed by atoms with Crippen LogP contribution in [0.3, 0.4) is 0 Å². The number of fused-ring (bicyclic) bond motifs is 1. The van der Waals surface area contributed by atoms with E-state index in [1.165, 1.54) is 5.56 Å². The van der Waals surface area contributed by atoms with Crippen LogP contribution in [0.1, 0.15) is 34.6 Å². The van der Waals surface area contributed by atoms with Crippen LogP contribution < -0.4 is 15.6 Å². The van der Waals surface area contributed by atoms with Crippen LogP contribution in [-0.4, -0.2) is 15.9 Å². The minimum Gasteiger partial charge on any atom is -0.489 e. The summed E-state index contributed by atoms with van der Waals surface area (Å²) in [7, 11) is 0. The molecular weight excluding hydrogens is 414 g/mol. The largest absolute Gasteiger partial charge is 0.489 e. The topological polar surface area (TPSA) is 84.1 Å².